The summed E-state index contributed by atoms with van der Waals surface area (Å²) in [6.45, 7) is 8.33. The van der Waals surface area contributed by atoms with Gasteiger partial charge in [-0.2, -0.15) is 0 Å². The summed E-state index contributed by atoms with van der Waals surface area (Å²) in [4.78, 5) is 0. The Morgan fingerprint density at radius 1 is 1.33 bits per heavy atom. The van der Waals surface area contributed by atoms with Crippen molar-refractivity contribution in [2.45, 2.75) is 27.7 Å². The maximum Gasteiger partial charge on any atom is 0.00295 e. The van der Waals surface area contributed by atoms with Crippen LogP contribution in [0.15, 0.2) is 11.1 Å². The highest BCUT2D eigenvalue weighted by molar-refractivity contribution is 5.30. The smallest absolute Gasteiger partial charge is 0.00295 e. The highest BCUT2D eigenvalue weighted by Gasteiger charge is 1.99. The molecule has 0 nitrogen and oxygen atoms in total. The monoisotopic (exact) mass is 122 g/mol. The third kappa shape index (κ3) is 2.37. The minimum atomic E-state index is 0.500. The summed E-state index contributed by atoms with van der Waals surface area (Å²) in [6.07, 6.45) is 5.27. The van der Waals surface area contributed by atoms with Gasteiger partial charge in [0, 0.05) is 5.57 Å². The summed E-state index contributed by atoms with van der Waals surface area (Å²) in [5.41, 5.74) is 2.39. The van der Waals surface area contributed by atoms with Crippen molar-refractivity contribution in [2.75, 3.05) is 0 Å². The van der Waals surface area contributed by atoms with Crippen LogP contribution in [0.25, 0.3) is 0 Å². The van der Waals surface area contributed by atoms with E-state index in [4.69, 9.17) is 6.42 Å². The van der Waals surface area contributed by atoms with Crippen LogP contribution in [0.4, 0.5) is 0 Å². The van der Waals surface area contributed by atoms with E-state index >= 15 is 0 Å². The molecule has 0 heterocycles. The van der Waals surface area contributed by atoms with Crippen molar-refractivity contribution in [1.29, 1.82) is 0 Å². The standard InChI is InChI=1S/C9H14/c1-6-9(7(2)3)8(4)5/h1,7H,2-5H3. The molecule has 0 aromatic heterocycles. The van der Waals surface area contributed by atoms with Crippen molar-refractivity contribution in [3.8, 4) is 12.3 Å². The molecule has 50 valence electrons. The molecule has 0 saturated carbocycles. The van der Waals surface area contributed by atoms with Crippen LogP contribution < -0.4 is 0 Å². The molecule has 9 heavy (non-hydrogen) atoms. The van der Waals surface area contributed by atoms with Crippen molar-refractivity contribution >= 4 is 0 Å². The van der Waals surface area contributed by atoms with Gasteiger partial charge in [0.05, 0.1) is 0 Å². The molecule has 0 atom stereocenters. The van der Waals surface area contributed by atoms with E-state index in [0.29, 0.717) is 5.92 Å². The summed E-state index contributed by atoms with van der Waals surface area (Å²) in [7, 11) is 0. The lowest BCUT2D eigenvalue weighted by atomic mass is 10.00. The van der Waals surface area contributed by atoms with Crippen LogP contribution >= 0.6 is 0 Å². The lowest BCUT2D eigenvalue weighted by molar-refractivity contribution is 0.787. The molecule has 0 bridgehead atoms. The number of hydrogen-bond acceptors (Lipinski definition) is 0. The lowest BCUT2D eigenvalue weighted by Crippen LogP contribution is -1.92. The predicted molar refractivity (Wildman–Crippen MR) is 42.0 cm³/mol. The van der Waals surface area contributed by atoms with Gasteiger partial charge >= 0.3 is 0 Å². The van der Waals surface area contributed by atoms with E-state index in [-0.39, 0.29) is 0 Å². The largest absolute Gasteiger partial charge is 0.115 e. The fourth-order valence-corrected chi connectivity index (χ4v) is 0.888. The highest BCUT2D eigenvalue weighted by Crippen LogP contribution is 2.12. The summed E-state index contributed by atoms with van der Waals surface area (Å²) in [6, 6.07) is 0. The van der Waals surface area contributed by atoms with Gasteiger partial charge in [-0.05, 0) is 19.8 Å². The Labute approximate surface area is 58.0 Å². The molecule has 0 aliphatic carbocycles. The van der Waals surface area contributed by atoms with Crippen LogP contribution in [0.1, 0.15) is 27.7 Å². The number of allylic oxidation sites excluding steroid dienone is 2. The van der Waals surface area contributed by atoms with Crippen LogP contribution in [-0.4, -0.2) is 0 Å². The molecular weight excluding hydrogens is 108 g/mol. The van der Waals surface area contributed by atoms with Crippen molar-refractivity contribution in [1.82, 2.24) is 0 Å². The molecule has 0 aliphatic heterocycles. The first-order valence-electron chi connectivity index (χ1n) is 3.23. The van der Waals surface area contributed by atoms with Gasteiger partial charge < -0.3 is 0 Å². The molecule has 0 N–H and O–H groups in total. The van der Waals surface area contributed by atoms with Gasteiger partial charge in [-0.15, -0.1) is 6.42 Å². The summed E-state index contributed by atoms with van der Waals surface area (Å²) in [5.74, 6) is 3.18. The summed E-state index contributed by atoms with van der Waals surface area (Å²) >= 11 is 0. The van der Waals surface area contributed by atoms with Gasteiger partial charge in [0.2, 0.25) is 0 Å². The van der Waals surface area contributed by atoms with Gasteiger partial charge in [0.25, 0.3) is 0 Å². The Balaban J connectivity index is 4.41. The Morgan fingerprint density at radius 3 is 1.78 bits per heavy atom. The van der Waals surface area contributed by atoms with Gasteiger partial charge in [-0.3, -0.25) is 0 Å². The molecule has 0 spiro atoms. The van der Waals surface area contributed by atoms with Crippen molar-refractivity contribution in [2.24, 2.45) is 5.92 Å². The number of hydrogen-bond donors (Lipinski definition) is 0. The minimum absolute atomic E-state index is 0.500. The molecule has 0 radical (unpaired) electrons. The van der Waals surface area contributed by atoms with E-state index in [9.17, 15) is 0 Å². The molecule has 0 aromatic rings. The molecule has 0 fully saturated rings. The zero-order valence-electron chi connectivity index (χ0n) is 6.65. The minimum Gasteiger partial charge on any atom is -0.115 e. The zero-order chi connectivity index (χ0) is 7.44. The lowest BCUT2D eigenvalue weighted by Gasteiger charge is -2.04. The van der Waals surface area contributed by atoms with Crippen LogP contribution in [0.3, 0.4) is 0 Å². The number of terminal acetylenes is 1. The van der Waals surface area contributed by atoms with E-state index in [2.05, 4.69) is 33.6 Å². The van der Waals surface area contributed by atoms with Gasteiger partial charge in [0.15, 0.2) is 0 Å². The summed E-state index contributed by atoms with van der Waals surface area (Å²) in [5, 5.41) is 0. The van der Waals surface area contributed by atoms with E-state index < -0.39 is 0 Å². The maximum atomic E-state index is 5.27. The highest BCUT2D eigenvalue weighted by atomic mass is 14.0. The Bertz CT molecular complexity index is 149. The van der Waals surface area contributed by atoms with E-state index in [1.165, 1.54) is 5.57 Å². The molecule has 0 amide bonds. The molecule has 0 aromatic carbocycles. The van der Waals surface area contributed by atoms with Crippen LogP contribution in [0.2, 0.25) is 0 Å². The fourth-order valence-electron chi connectivity index (χ4n) is 0.888. The maximum absolute atomic E-state index is 5.27. The van der Waals surface area contributed by atoms with Crippen molar-refractivity contribution in [3.05, 3.63) is 11.1 Å². The first-order chi connectivity index (χ1) is 4.09. The Kier molecular flexibility index (Phi) is 3.09. The van der Waals surface area contributed by atoms with Crippen LogP contribution in [0, 0.1) is 18.3 Å². The topological polar surface area (TPSA) is 0 Å². The second-order valence-electron chi connectivity index (χ2n) is 2.71. The van der Waals surface area contributed by atoms with Crippen molar-refractivity contribution in [3.63, 3.8) is 0 Å². The van der Waals surface area contributed by atoms with E-state index in [0.717, 1.165) is 5.57 Å². The molecule has 0 aliphatic rings. The SMILES string of the molecule is C#CC(=C(C)C)C(C)C. The van der Waals surface area contributed by atoms with Gasteiger partial charge in [-0.25, -0.2) is 0 Å². The molecule has 0 heteroatoms. The fraction of sp³-hybridized carbons (Fsp3) is 0.556. The quantitative estimate of drug-likeness (QED) is 0.469. The van der Waals surface area contributed by atoms with Crippen LogP contribution in [0.5, 0.6) is 0 Å². The zero-order valence-corrected chi connectivity index (χ0v) is 6.65. The van der Waals surface area contributed by atoms with E-state index in [1.807, 2.05) is 0 Å². The summed E-state index contributed by atoms with van der Waals surface area (Å²) < 4.78 is 0. The second-order valence-corrected chi connectivity index (χ2v) is 2.71. The van der Waals surface area contributed by atoms with Gasteiger partial charge in [-0.1, -0.05) is 25.3 Å². The molecule has 0 saturated heterocycles. The van der Waals surface area contributed by atoms with E-state index in [1.54, 1.807) is 0 Å². The first kappa shape index (κ1) is 8.30. The third-order valence-electron chi connectivity index (χ3n) is 1.27. The average molecular weight is 122 g/mol. The normalized spacial score (nSPS) is 8.89. The third-order valence-corrected chi connectivity index (χ3v) is 1.27. The second kappa shape index (κ2) is 3.35. The Hall–Kier alpha value is -0.700. The average Bonchev–Trinajstić information content (AvgIpc) is 1.64. The number of rotatable bonds is 1. The van der Waals surface area contributed by atoms with Crippen LogP contribution in [-0.2, 0) is 0 Å². The predicted octanol–water partition coefficient (Wildman–Crippen LogP) is 2.61. The molecule has 0 unspecified atom stereocenters. The van der Waals surface area contributed by atoms with Gasteiger partial charge in [0.1, 0.15) is 0 Å². The molecule has 0 rings (SSSR count). The Morgan fingerprint density at radius 2 is 1.78 bits per heavy atom. The molecular formula is C9H14. The first-order valence-corrected chi connectivity index (χ1v) is 3.23. The van der Waals surface area contributed by atoms with Crippen molar-refractivity contribution < 1.29 is 0 Å².